The van der Waals surface area contributed by atoms with E-state index in [0.29, 0.717) is 42.0 Å². The van der Waals surface area contributed by atoms with Crippen molar-refractivity contribution in [1.82, 2.24) is 19.5 Å². The topological polar surface area (TPSA) is 76.8 Å². The minimum Gasteiger partial charge on any atom is -0.469 e. The molecule has 0 N–H and O–H groups in total. The first-order valence-electron chi connectivity index (χ1n) is 13.1. The van der Waals surface area contributed by atoms with E-state index in [2.05, 4.69) is 22.2 Å². The maximum absolute atomic E-state index is 15.2. The quantitative estimate of drug-likeness (QED) is 0.347. The van der Waals surface area contributed by atoms with E-state index < -0.39 is 5.82 Å². The van der Waals surface area contributed by atoms with Crippen LogP contribution < -0.4 is 0 Å². The van der Waals surface area contributed by atoms with Gasteiger partial charge >= 0.3 is 5.97 Å². The number of esters is 1. The van der Waals surface area contributed by atoms with Crippen molar-refractivity contribution in [2.45, 2.75) is 45.1 Å². The zero-order valence-electron chi connectivity index (χ0n) is 21.6. The smallest absolute Gasteiger partial charge is 0.309 e. The first-order valence-corrected chi connectivity index (χ1v) is 13.1. The van der Waals surface area contributed by atoms with Crippen LogP contribution in [-0.4, -0.2) is 45.0 Å². The van der Waals surface area contributed by atoms with E-state index in [4.69, 9.17) is 4.74 Å². The van der Waals surface area contributed by atoms with Gasteiger partial charge in [-0.05, 0) is 67.0 Å². The highest BCUT2D eigenvalue weighted by Crippen LogP contribution is 2.48. The summed E-state index contributed by atoms with van der Waals surface area (Å²) in [5, 5.41) is 4.63. The van der Waals surface area contributed by atoms with Crippen molar-refractivity contribution in [1.29, 1.82) is 0 Å². The minimum atomic E-state index is -0.406. The number of carbonyl (C=O) groups is 2. The SMILES string of the molecule is CCc1cc(C(=O)N2CCc3ccccc3[C@H]2C)nc2cc(-c3ccc(C4CC4C(=O)OC)cc3F)nn12. The molecule has 194 valence electrons. The third-order valence-corrected chi connectivity index (χ3v) is 7.93. The Balaban J connectivity index is 1.31. The normalized spacial score (nSPS) is 20.3. The molecule has 1 aliphatic heterocycles. The van der Waals surface area contributed by atoms with Crippen LogP contribution >= 0.6 is 0 Å². The number of hydrogen-bond donors (Lipinski definition) is 0. The number of nitrogens with zero attached hydrogens (tertiary/aromatic N) is 4. The lowest BCUT2D eigenvalue weighted by atomic mass is 9.93. The van der Waals surface area contributed by atoms with Crippen LogP contribution in [0.2, 0.25) is 0 Å². The molecule has 6 rings (SSSR count). The average molecular weight is 513 g/mol. The fraction of sp³-hybridized carbons (Fsp3) is 0.333. The molecule has 1 aliphatic carbocycles. The summed E-state index contributed by atoms with van der Waals surface area (Å²) < 4.78 is 21.7. The first-order chi connectivity index (χ1) is 18.4. The van der Waals surface area contributed by atoms with Gasteiger partial charge < -0.3 is 9.64 Å². The predicted molar refractivity (Wildman–Crippen MR) is 140 cm³/mol. The highest BCUT2D eigenvalue weighted by atomic mass is 19.1. The van der Waals surface area contributed by atoms with E-state index in [1.807, 2.05) is 36.9 Å². The number of hydrogen-bond acceptors (Lipinski definition) is 5. The van der Waals surface area contributed by atoms with E-state index in [0.717, 1.165) is 17.7 Å². The summed E-state index contributed by atoms with van der Waals surface area (Å²) in [4.78, 5) is 31.9. The van der Waals surface area contributed by atoms with Crippen LogP contribution in [0, 0.1) is 11.7 Å². The van der Waals surface area contributed by atoms with Crippen molar-refractivity contribution in [3.8, 4) is 11.3 Å². The van der Waals surface area contributed by atoms with Crippen molar-refractivity contribution in [3.05, 3.63) is 88.5 Å². The van der Waals surface area contributed by atoms with Gasteiger partial charge in [-0.15, -0.1) is 0 Å². The fourth-order valence-corrected chi connectivity index (χ4v) is 5.67. The van der Waals surface area contributed by atoms with Crippen LogP contribution in [-0.2, 0) is 22.4 Å². The summed E-state index contributed by atoms with van der Waals surface area (Å²) in [7, 11) is 1.37. The van der Waals surface area contributed by atoms with E-state index >= 15 is 4.39 Å². The van der Waals surface area contributed by atoms with E-state index in [9.17, 15) is 9.59 Å². The molecule has 0 spiro atoms. The standard InChI is InChI=1S/C30H29FN4O3/c1-4-20-14-27(29(36)34-12-11-18-7-5-6-8-21(18)17(34)2)32-28-16-26(33-35(20)28)22-10-9-19(13-25(22)31)23-15-24(23)30(37)38-3/h5-10,13-14,16-17,23-24H,4,11-12,15H2,1-3H3/t17-,23?,24?/m1/s1. The molecule has 8 heteroatoms. The molecule has 2 aromatic heterocycles. The number of halogens is 1. The van der Waals surface area contributed by atoms with Gasteiger partial charge in [-0.3, -0.25) is 9.59 Å². The summed E-state index contributed by atoms with van der Waals surface area (Å²) in [6, 6.07) is 16.7. The first kappa shape index (κ1) is 24.3. The number of fused-ring (bicyclic) bond motifs is 2. The number of methoxy groups -OCH3 is 1. The minimum absolute atomic E-state index is 0.0156. The Labute approximate surface area is 220 Å². The van der Waals surface area contributed by atoms with Gasteiger partial charge in [-0.2, -0.15) is 5.10 Å². The van der Waals surface area contributed by atoms with Gasteiger partial charge in [0.15, 0.2) is 5.65 Å². The van der Waals surface area contributed by atoms with Crippen molar-refractivity contribution in [2.24, 2.45) is 5.92 Å². The lowest BCUT2D eigenvalue weighted by Crippen LogP contribution is -2.39. The van der Waals surface area contributed by atoms with Gasteiger partial charge in [0.05, 0.1) is 24.8 Å². The highest BCUT2D eigenvalue weighted by molar-refractivity contribution is 5.93. The number of amides is 1. The molecule has 1 fully saturated rings. The number of aromatic nitrogens is 3. The van der Waals surface area contributed by atoms with Crippen LogP contribution in [0.1, 0.15) is 65.1 Å². The Morgan fingerprint density at radius 3 is 2.71 bits per heavy atom. The molecular weight excluding hydrogens is 483 g/mol. The molecule has 4 aromatic rings. The summed E-state index contributed by atoms with van der Waals surface area (Å²) in [5.74, 6) is -1.00. The molecule has 0 radical (unpaired) electrons. The largest absolute Gasteiger partial charge is 0.469 e. The summed E-state index contributed by atoms with van der Waals surface area (Å²) in [6.45, 7) is 4.67. The lowest BCUT2D eigenvalue weighted by molar-refractivity contribution is -0.142. The second kappa shape index (κ2) is 9.35. The Bertz CT molecular complexity index is 1580. The van der Waals surface area contributed by atoms with E-state index in [1.54, 1.807) is 22.7 Å². The zero-order chi connectivity index (χ0) is 26.6. The number of ether oxygens (including phenoxy) is 1. The Morgan fingerprint density at radius 1 is 1.13 bits per heavy atom. The van der Waals surface area contributed by atoms with Gasteiger partial charge in [-0.25, -0.2) is 13.9 Å². The molecule has 2 aliphatic rings. The third kappa shape index (κ3) is 4.04. The highest BCUT2D eigenvalue weighted by Gasteiger charge is 2.45. The molecule has 0 saturated heterocycles. The Hall–Kier alpha value is -4.07. The summed E-state index contributed by atoms with van der Waals surface area (Å²) in [6.07, 6.45) is 2.11. The Morgan fingerprint density at radius 2 is 1.95 bits per heavy atom. The Kier molecular flexibility index (Phi) is 5.97. The molecule has 2 unspecified atom stereocenters. The number of benzene rings is 2. The van der Waals surface area contributed by atoms with E-state index in [-0.39, 0.29) is 29.8 Å². The van der Waals surface area contributed by atoms with Crippen LogP contribution in [0.5, 0.6) is 0 Å². The maximum atomic E-state index is 15.2. The molecule has 1 saturated carbocycles. The van der Waals surface area contributed by atoms with Gasteiger partial charge in [0.25, 0.3) is 5.91 Å². The summed E-state index contributed by atoms with van der Waals surface area (Å²) in [5.41, 5.74) is 5.71. The molecule has 0 bridgehead atoms. The van der Waals surface area contributed by atoms with Crippen LogP contribution in [0.15, 0.2) is 54.6 Å². The maximum Gasteiger partial charge on any atom is 0.309 e. The molecule has 2 aromatic carbocycles. The average Bonchev–Trinajstić information content (AvgIpc) is 3.63. The van der Waals surface area contributed by atoms with Crippen molar-refractivity contribution >= 4 is 17.5 Å². The van der Waals surface area contributed by atoms with Gasteiger partial charge in [0.1, 0.15) is 11.5 Å². The van der Waals surface area contributed by atoms with Crippen LogP contribution in [0.4, 0.5) is 4.39 Å². The fourth-order valence-electron chi connectivity index (χ4n) is 5.67. The summed E-state index contributed by atoms with van der Waals surface area (Å²) >= 11 is 0. The monoisotopic (exact) mass is 512 g/mol. The number of aryl methyl sites for hydroxylation is 1. The van der Waals surface area contributed by atoms with Gasteiger partial charge in [0.2, 0.25) is 0 Å². The predicted octanol–water partition coefficient (Wildman–Crippen LogP) is 5.13. The number of rotatable bonds is 5. The zero-order valence-corrected chi connectivity index (χ0v) is 21.6. The third-order valence-electron chi connectivity index (χ3n) is 7.93. The van der Waals surface area contributed by atoms with Gasteiger partial charge in [-0.1, -0.05) is 37.3 Å². The van der Waals surface area contributed by atoms with Crippen molar-refractivity contribution < 1.29 is 18.7 Å². The van der Waals surface area contributed by atoms with Crippen LogP contribution in [0.3, 0.4) is 0 Å². The van der Waals surface area contributed by atoms with Crippen molar-refractivity contribution in [2.75, 3.05) is 13.7 Å². The molecule has 3 heterocycles. The molecule has 38 heavy (non-hydrogen) atoms. The second-order valence-corrected chi connectivity index (χ2v) is 10.1. The van der Waals surface area contributed by atoms with Gasteiger partial charge in [0, 0.05) is 23.9 Å². The lowest BCUT2D eigenvalue weighted by Gasteiger charge is -2.35. The second-order valence-electron chi connectivity index (χ2n) is 10.1. The molecular formula is C30H29FN4O3. The van der Waals surface area contributed by atoms with Crippen LogP contribution in [0.25, 0.3) is 16.9 Å². The van der Waals surface area contributed by atoms with Crippen molar-refractivity contribution in [3.63, 3.8) is 0 Å². The molecule has 3 atom stereocenters. The molecule has 7 nitrogen and oxygen atoms in total. The number of carbonyl (C=O) groups excluding carboxylic acids is 2. The molecule has 1 amide bonds. The van der Waals surface area contributed by atoms with E-state index in [1.165, 1.54) is 24.3 Å².